The summed E-state index contributed by atoms with van der Waals surface area (Å²) in [6.07, 6.45) is 3.51. The number of thiocarbonyl (C=S) groups is 1. The van der Waals surface area contributed by atoms with Crippen molar-refractivity contribution in [3.8, 4) is 10.6 Å². The SMILES string of the molecule is Cc1nc(-c2cccnc2)sc1C(N)=S. The van der Waals surface area contributed by atoms with E-state index in [-0.39, 0.29) is 0 Å². The second-order valence-electron chi connectivity index (χ2n) is 3.04. The third-order valence-corrected chi connectivity index (χ3v) is 3.50. The van der Waals surface area contributed by atoms with Gasteiger partial charge < -0.3 is 5.73 Å². The van der Waals surface area contributed by atoms with Crippen molar-refractivity contribution < 1.29 is 0 Å². The van der Waals surface area contributed by atoms with Crippen LogP contribution in [0.5, 0.6) is 0 Å². The average Bonchev–Trinajstić information content (AvgIpc) is 2.62. The Morgan fingerprint density at radius 1 is 1.53 bits per heavy atom. The van der Waals surface area contributed by atoms with E-state index in [0.29, 0.717) is 4.99 Å². The van der Waals surface area contributed by atoms with Crippen LogP contribution in [0.3, 0.4) is 0 Å². The van der Waals surface area contributed by atoms with Crippen LogP contribution in [0.1, 0.15) is 10.6 Å². The molecule has 0 saturated carbocycles. The molecule has 0 atom stereocenters. The van der Waals surface area contributed by atoms with Crippen LogP contribution in [-0.4, -0.2) is 15.0 Å². The normalized spacial score (nSPS) is 10.2. The number of thiazole rings is 1. The Balaban J connectivity index is 2.48. The number of pyridine rings is 1. The highest BCUT2D eigenvalue weighted by molar-refractivity contribution is 7.81. The van der Waals surface area contributed by atoms with E-state index in [0.717, 1.165) is 21.1 Å². The Labute approximate surface area is 97.0 Å². The van der Waals surface area contributed by atoms with E-state index in [2.05, 4.69) is 9.97 Å². The predicted molar refractivity (Wildman–Crippen MR) is 66.0 cm³/mol. The maximum absolute atomic E-state index is 5.59. The van der Waals surface area contributed by atoms with Crippen LogP contribution in [0.4, 0.5) is 0 Å². The molecule has 76 valence electrons. The Morgan fingerprint density at radius 3 is 2.87 bits per heavy atom. The molecule has 15 heavy (non-hydrogen) atoms. The van der Waals surface area contributed by atoms with Gasteiger partial charge in [-0.1, -0.05) is 12.2 Å². The lowest BCUT2D eigenvalue weighted by molar-refractivity contribution is 1.25. The number of nitrogens with two attached hydrogens (primary N) is 1. The predicted octanol–water partition coefficient (Wildman–Crippen LogP) is 2.15. The highest BCUT2D eigenvalue weighted by Crippen LogP contribution is 2.26. The number of hydrogen-bond acceptors (Lipinski definition) is 4. The summed E-state index contributed by atoms with van der Waals surface area (Å²) < 4.78 is 0. The molecule has 0 radical (unpaired) electrons. The van der Waals surface area contributed by atoms with Gasteiger partial charge in [-0.3, -0.25) is 4.98 Å². The number of aromatic nitrogens is 2. The van der Waals surface area contributed by atoms with Crippen LogP contribution >= 0.6 is 23.6 Å². The lowest BCUT2D eigenvalue weighted by Crippen LogP contribution is -2.08. The summed E-state index contributed by atoms with van der Waals surface area (Å²) in [7, 11) is 0. The second kappa shape index (κ2) is 4.04. The molecular formula is C10H9N3S2. The highest BCUT2D eigenvalue weighted by atomic mass is 32.1. The van der Waals surface area contributed by atoms with Gasteiger partial charge in [-0.25, -0.2) is 4.98 Å². The molecule has 2 N–H and O–H groups in total. The van der Waals surface area contributed by atoms with Crippen LogP contribution in [0.2, 0.25) is 0 Å². The molecule has 0 amide bonds. The Kier molecular flexibility index (Phi) is 2.75. The van der Waals surface area contributed by atoms with Gasteiger partial charge in [0.1, 0.15) is 10.00 Å². The molecule has 3 nitrogen and oxygen atoms in total. The molecule has 0 aliphatic rings. The summed E-state index contributed by atoms with van der Waals surface area (Å²) in [4.78, 5) is 9.74. The molecule has 0 aliphatic carbocycles. The maximum Gasteiger partial charge on any atom is 0.125 e. The topological polar surface area (TPSA) is 51.8 Å². The first kappa shape index (κ1) is 10.2. The summed E-state index contributed by atoms with van der Waals surface area (Å²) in [5.74, 6) is 0. The first-order chi connectivity index (χ1) is 7.18. The van der Waals surface area contributed by atoms with Gasteiger partial charge in [0.05, 0.1) is 10.6 Å². The van der Waals surface area contributed by atoms with E-state index in [4.69, 9.17) is 18.0 Å². The van der Waals surface area contributed by atoms with Crippen molar-refractivity contribution in [3.05, 3.63) is 35.1 Å². The molecule has 0 spiro atoms. The fraction of sp³-hybridized carbons (Fsp3) is 0.100. The molecule has 2 aromatic rings. The summed E-state index contributed by atoms with van der Waals surface area (Å²) in [5, 5.41) is 0.906. The second-order valence-corrected chi connectivity index (χ2v) is 4.48. The first-order valence-corrected chi connectivity index (χ1v) is 5.58. The fourth-order valence-electron chi connectivity index (χ4n) is 1.24. The van der Waals surface area contributed by atoms with Crippen molar-refractivity contribution in [3.63, 3.8) is 0 Å². The summed E-state index contributed by atoms with van der Waals surface area (Å²) in [6.45, 7) is 1.91. The minimum absolute atomic E-state index is 0.403. The van der Waals surface area contributed by atoms with Crippen LogP contribution in [-0.2, 0) is 0 Å². The smallest absolute Gasteiger partial charge is 0.125 e. The van der Waals surface area contributed by atoms with Crippen molar-refractivity contribution in [1.29, 1.82) is 0 Å². The fourth-order valence-corrected chi connectivity index (χ4v) is 2.42. The Morgan fingerprint density at radius 2 is 2.33 bits per heavy atom. The third kappa shape index (κ3) is 2.03. The van der Waals surface area contributed by atoms with E-state index < -0.39 is 0 Å². The van der Waals surface area contributed by atoms with Crippen LogP contribution in [0.25, 0.3) is 10.6 Å². The van der Waals surface area contributed by atoms with Gasteiger partial charge in [-0.2, -0.15) is 0 Å². The Hall–Kier alpha value is -1.33. The lowest BCUT2D eigenvalue weighted by atomic mass is 10.3. The van der Waals surface area contributed by atoms with Crippen LogP contribution in [0.15, 0.2) is 24.5 Å². The van der Waals surface area contributed by atoms with E-state index in [1.54, 1.807) is 12.4 Å². The summed E-state index contributed by atoms with van der Waals surface area (Å²) >= 11 is 6.45. The standard InChI is InChI=1S/C10H9N3S2/c1-6-8(9(11)14)15-10(13-6)7-3-2-4-12-5-7/h2-5H,1H3,(H2,11,14). The van der Waals surface area contributed by atoms with E-state index in [9.17, 15) is 0 Å². The molecule has 0 unspecified atom stereocenters. The monoisotopic (exact) mass is 235 g/mol. The molecule has 2 aromatic heterocycles. The molecule has 0 aliphatic heterocycles. The zero-order chi connectivity index (χ0) is 10.8. The number of aryl methyl sites for hydroxylation is 1. The van der Waals surface area contributed by atoms with Crippen molar-refractivity contribution in [2.45, 2.75) is 6.92 Å². The van der Waals surface area contributed by atoms with Gasteiger partial charge >= 0.3 is 0 Å². The van der Waals surface area contributed by atoms with Crippen molar-refractivity contribution in [2.75, 3.05) is 0 Å². The van der Waals surface area contributed by atoms with Gasteiger partial charge in [0.25, 0.3) is 0 Å². The largest absolute Gasteiger partial charge is 0.389 e. The lowest BCUT2D eigenvalue weighted by Gasteiger charge is -1.92. The van der Waals surface area contributed by atoms with Crippen molar-refractivity contribution in [1.82, 2.24) is 9.97 Å². The highest BCUT2D eigenvalue weighted by Gasteiger charge is 2.10. The van der Waals surface area contributed by atoms with E-state index in [1.807, 2.05) is 19.1 Å². The minimum Gasteiger partial charge on any atom is -0.389 e. The average molecular weight is 235 g/mol. The third-order valence-electron chi connectivity index (χ3n) is 1.93. The quantitative estimate of drug-likeness (QED) is 0.810. The maximum atomic E-state index is 5.59. The van der Waals surface area contributed by atoms with Crippen molar-refractivity contribution >= 4 is 28.5 Å². The molecule has 0 fully saturated rings. The van der Waals surface area contributed by atoms with Crippen molar-refractivity contribution in [2.24, 2.45) is 5.73 Å². The zero-order valence-corrected chi connectivity index (χ0v) is 9.73. The number of nitrogens with zero attached hydrogens (tertiary/aromatic N) is 2. The minimum atomic E-state index is 0.403. The van der Waals surface area contributed by atoms with Crippen LogP contribution < -0.4 is 5.73 Å². The van der Waals surface area contributed by atoms with Gasteiger partial charge in [0.15, 0.2) is 0 Å². The van der Waals surface area contributed by atoms with E-state index in [1.165, 1.54) is 11.3 Å². The van der Waals surface area contributed by atoms with E-state index >= 15 is 0 Å². The molecule has 2 heterocycles. The molecule has 0 saturated heterocycles. The molecule has 2 rings (SSSR count). The number of hydrogen-bond donors (Lipinski definition) is 1. The molecule has 5 heteroatoms. The van der Waals surface area contributed by atoms with Gasteiger partial charge in [-0.05, 0) is 19.1 Å². The first-order valence-electron chi connectivity index (χ1n) is 4.36. The van der Waals surface area contributed by atoms with Gasteiger partial charge in [-0.15, -0.1) is 11.3 Å². The van der Waals surface area contributed by atoms with Gasteiger partial charge in [0.2, 0.25) is 0 Å². The summed E-state index contributed by atoms with van der Waals surface area (Å²) in [5.41, 5.74) is 7.47. The van der Waals surface area contributed by atoms with Crippen LogP contribution in [0, 0.1) is 6.92 Å². The zero-order valence-electron chi connectivity index (χ0n) is 8.10. The molecular weight excluding hydrogens is 226 g/mol. The Bertz CT molecular complexity index is 491. The van der Waals surface area contributed by atoms with Gasteiger partial charge in [0, 0.05) is 18.0 Å². The summed E-state index contributed by atoms with van der Waals surface area (Å²) in [6, 6.07) is 3.85. The number of rotatable bonds is 2. The molecule has 0 bridgehead atoms. The molecule has 0 aromatic carbocycles.